The molecule has 1 aliphatic heterocycles. The monoisotopic (exact) mass is 203 g/mol. The van der Waals surface area contributed by atoms with Crippen LogP contribution >= 0.6 is 0 Å². The Morgan fingerprint density at radius 3 is 2.57 bits per heavy atom. The molecule has 0 atom stereocenters. The van der Waals surface area contributed by atoms with Crippen molar-refractivity contribution in [2.45, 2.75) is 19.6 Å². The molecule has 1 N–H and O–H groups in total. The quantitative estimate of drug-likeness (QED) is 0.305. The van der Waals surface area contributed by atoms with Crippen LogP contribution in [0.25, 0.3) is 0 Å². The van der Waals surface area contributed by atoms with Gasteiger partial charge in [0.25, 0.3) is 0 Å². The predicted octanol–water partition coefficient (Wildman–Crippen LogP) is 0.143. The van der Waals surface area contributed by atoms with Crippen LogP contribution in [0.15, 0.2) is 5.16 Å². The summed E-state index contributed by atoms with van der Waals surface area (Å²) in [7, 11) is 0. The Bertz CT molecular complexity index is 244. The highest BCUT2D eigenvalue weighted by Crippen LogP contribution is 2.21. The molecule has 0 aromatic heterocycles. The summed E-state index contributed by atoms with van der Waals surface area (Å²) in [6.07, 6.45) is 0. The van der Waals surface area contributed by atoms with Crippen LogP contribution in [0.2, 0.25) is 0 Å². The summed E-state index contributed by atoms with van der Waals surface area (Å²) in [5.41, 5.74) is -0.267. The van der Waals surface area contributed by atoms with E-state index in [1.807, 2.05) is 0 Å². The van der Waals surface area contributed by atoms with Gasteiger partial charge in [-0.2, -0.15) is 0 Å². The van der Waals surface area contributed by atoms with Crippen LogP contribution in [-0.4, -0.2) is 42.5 Å². The molecule has 0 aromatic carbocycles. The first-order chi connectivity index (χ1) is 6.64. The largest absolute Gasteiger partial charge is 0.461 e. The number of carbonyl (C=O) groups is 1. The lowest BCUT2D eigenvalue weighted by molar-refractivity contribution is -0.140. The van der Waals surface area contributed by atoms with Gasteiger partial charge in [0.15, 0.2) is 0 Å². The molecule has 6 heteroatoms. The maximum absolute atomic E-state index is 11.3. The van der Waals surface area contributed by atoms with Gasteiger partial charge in [0, 0.05) is 0 Å². The normalized spacial score (nSPS) is 20.9. The highest BCUT2D eigenvalue weighted by Gasteiger charge is 2.42. The average Bonchev–Trinajstić information content (AvgIpc) is 2.54. The van der Waals surface area contributed by atoms with Crippen LogP contribution in [0.4, 0.5) is 0 Å². The Morgan fingerprint density at radius 2 is 2.14 bits per heavy atom. The number of ether oxygens (including phenoxy) is 3. The Labute approximate surface area is 81.4 Å². The van der Waals surface area contributed by atoms with E-state index in [0.717, 1.165) is 0 Å². The standard InChI is InChI=1S/C8H13NO5/c1-3-12-7(10)6(9-11)8(2)13-4-5-14-8/h11H,3-5H2,1-2H3/b9-6+. The molecule has 0 amide bonds. The zero-order valence-corrected chi connectivity index (χ0v) is 8.15. The molecular formula is C8H13NO5. The SMILES string of the molecule is CCOC(=O)/C(=N\O)C1(C)OCCO1. The lowest BCUT2D eigenvalue weighted by Gasteiger charge is -2.21. The maximum Gasteiger partial charge on any atom is 0.361 e. The van der Waals surface area contributed by atoms with Gasteiger partial charge in [-0.15, -0.1) is 0 Å². The molecule has 0 radical (unpaired) electrons. The van der Waals surface area contributed by atoms with Crippen molar-refractivity contribution in [1.29, 1.82) is 0 Å². The molecular weight excluding hydrogens is 190 g/mol. The minimum Gasteiger partial charge on any atom is -0.461 e. The van der Waals surface area contributed by atoms with Crippen LogP contribution in [0.3, 0.4) is 0 Å². The topological polar surface area (TPSA) is 77.4 Å². The number of hydrogen-bond donors (Lipinski definition) is 1. The molecule has 1 rings (SSSR count). The summed E-state index contributed by atoms with van der Waals surface area (Å²) in [6.45, 7) is 4.08. The predicted molar refractivity (Wildman–Crippen MR) is 46.2 cm³/mol. The fraction of sp³-hybridized carbons (Fsp3) is 0.750. The third kappa shape index (κ3) is 2.02. The number of carbonyl (C=O) groups excluding carboxylic acids is 1. The van der Waals surface area contributed by atoms with E-state index < -0.39 is 11.8 Å². The first kappa shape index (κ1) is 10.9. The first-order valence-corrected chi connectivity index (χ1v) is 4.31. The molecule has 80 valence electrons. The molecule has 0 bridgehead atoms. The number of nitrogens with zero attached hydrogens (tertiary/aromatic N) is 1. The Hall–Kier alpha value is -1.14. The zero-order valence-electron chi connectivity index (χ0n) is 8.15. The van der Waals surface area contributed by atoms with Crippen molar-refractivity contribution in [1.82, 2.24) is 0 Å². The second-order valence-electron chi connectivity index (χ2n) is 2.81. The van der Waals surface area contributed by atoms with Crippen molar-refractivity contribution in [2.24, 2.45) is 5.16 Å². The zero-order chi connectivity index (χ0) is 10.6. The van der Waals surface area contributed by atoms with Gasteiger partial charge < -0.3 is 19.4 Å². The van der Waals surface area contributed by atoms with Crippen LogP contribution in [0.5, 0.6) is 0 Å². The molecule has 0 spiro atoms. The number of esters is 1. The highest BCUT2D eigenvalue weighted by molar-refractivity contribution is 6.39. The van der Waals surface area contributed by atoms with E-state index in [1.165, 1.54) is 6.92 Å². The highest BCUT2D eigenvalue weighted by atomic mass is 16.7. The van der Waals surface area contributed by atoms with Gasteiger partial charge in [-0.3, -0.25) is 0 Å². The van der Waals surface area contributed by atoms with Gasteiger partial charge in [0.1, 0.15) is 0 Å². The molecule has 0 aliphatic carbocycles. The van der Waals surface area contributed by atoms with Crippen LogP contribution in [0.1, 0.15) is 13.8 Å². The molecule has 0 unspecified atom stereocenters. The summed E-state index contributed by atoms with van der Waals surface area (Å²) in [5, 5.41) is 11.5. The maximum atomic E-state index is 11.3. The Balaban J connectivity index is 2.76. The van der Waals surface area contributed by atoms with Gasteiger partial charge in [0.2, 0.25) is 11.5 Å². The third-order valence-corrected chi connectivity index (χ3v) is 1.84. The minimum atomic E-state index is -1.29. The van der Waals surface area contributed by atoms with Crippen molar-refractivity contribution < 1.29 is 24.2 Å². The molecule has 0 aromatic rings. The molecule has 1 saturated heterocycles. The second kappa shape index (κ2) is 4.39. The van der Waals surface area contributed by atoms with Gasteiger partial charge >= 0.3 is 5.97 Å². The van der Waals surface area contributed by atoms with Gasteiger partial charge in [-0.1, -0.05) is 5.16 Å². The molecule has 0 saturated carbocycles. The van der Waals surface area contributed by atoms with Crippen LogP contribution < -0.4 is 0 Å². The Kier molecular flexibility index (Phi) is 3.43. The molecule has 14 heavy (non-hydrogen) atoms. The van der Waals surface area contributed by atoms with E-state index in [9.17, 15) is 4.79 Å². The lowest BCUT2D eigenvalue weighted by atomic mass is 10.2. The molecule has 6 nitrogen and oxygen atoms in total. The van der Waals surface area contributed by atoms with E-state index in [0.29, 0.717) is 13.2 Å². The summed E-state index contributed by atoms with van der Waals surface area (Å²) in [5.74, 6) is -2.03. The molecule has 1 aliphatic rings. The van der Waals surface area contributed by atoms with Crippen molar-refractivity contribution in [2.75, 3.05) is 19.8 Å². The number of hydrogen-bond acceptors (Lipinski definition) is 6. The van der Waals surface area contributed by atoms with Gasteiger partial charge in [0.05, 0.1) is 19.8 Å². The van der Waals surface area contributed by atoms with E-state index in [-0.39, 0.29) is 12.3 Å². The number of oxime groups is 1. The second-order valence-corrected chi connectivity index (χ2v) is 2.81. The van der Waals surface area contributed by atoms with E-state index in [4.69, 9.17) is 14.7 Å². The number of rotatable bonds is 3. The average molecular weight is 203 g/mol. The van der Waals surface area contributed by atoms with Crippen molar-refractivity contribution in [3.05, 3.63) is 0 Å². The Morgan fingerprint density at radius 1 is 1.57 bits per heavy atom. The van der Waals surface area contributed by atoms with Crippen LogP contribution in [-0.2, 0) is 19.0 Å². The van der Waals surface area contributed by atoms with Gasteiger partial charge in [-0.05, 0) is 13.8 Å². The first-order valence-electron chi connectivity index (χ1n) is 4.31. The smallest absolute Gasteiger partial charge is 0.361 e. The fourth-order valence-corrected chi connectivity index (χ4v) is 1.17. The summed E-state index contributed by atoms with van der Waals surface area (Å²) >= 11 is 0. The van der Waals surface area contributed by atoms with Gasteiger partial charge in [-0.25, -0.2) is 4.79 Å². The molecule has 1 heterocycles. The minimum absolute atomic E-state index is 0.202. The summed E-state index contributed by atoms with van der Waals surface area (Å²) in [4.78, 5) is 11.3. The van der Waals surface area contributed by atoms with Crippen molar-refractivity contribution in [3.63, 3.8) is 0 Å². The molecule has 1 fully saturated rings. The third-order valence-electron chi connectivity index (χ3n) is 1.84. The van der Waals surface area contributed by atoms with Crippen molar-refractivity contribution >= 4 is 11.7 Å². The summed E-state index contributed by atoms with van der Waals surface area (Å²) in [6, 6.07) is 0. The van der Waals surface area contributed by atoms with Crippen LogP contribution in [0, 0.1) is 0 Å². The van der Waals surface area contributed by atoms with E-state index >= 15 is 0 Å². The fourth-order valence-electron chi connectivity index (χ4n) is 1.17. The van der Waals surface area contributed by atoms with E-state index in [2.05, 4.69) is 9.89 Å². The lowest BCUT2D eigenvalue weighted by Crippen LogP contribution is -2.42. The summed E-state index contributed by atoms with van der Waals surface area (Å²) < 4.78 is 15.0. The van der Waals surface area contributed by atoms with E-state index in [1.54, 1.807) is 6.92 Å². The van der Waals surface area contributed by atoms with Crippen molar-refractivity contribution in [3.8, 4) is 0 Å².